The summed E-state index contributed by atoms with van der Waals surface area (Å²) >= 11 is 2.09. The Balaban J connectivity index is 1.58. The fraction of sp³-hybridized carbons (Fsp3) is 1.00. The number of fused-ring (bicyclic) bond motifs is 1. The van der Waals surface area contributed by atoms with E-state index in [4.69, 9.17) is 0 Å². The normalized spacial score (nSPS) is 42.9. The SMILES string of the molecule is CSC1CCCCC1NC1CCN2CCCC12. The first-order valence-corrected chi connectivity index (χ1v) is 8.70. The van der Waals surface area contributed by atoms with Gasteiger partial charge in [0, 0.05) is 29.9 Å². The summed E-state index contributed by atoms with van der Waals surface area (Å²) in [7, 11) is 0. The topological polar surface area (TPSA) is 15.3 Å². The van der Waals surface area contributed by atoms with Crippen LogP contribution in [0.4, 0.5) is 0 Å². The van der Waals surface area contributed by atoms with Crippen molar-refractivity contribution in [1.29, 1.82) is 0 Å². The van der Waals surface area contributed by atoms with Crippen LogP contribution in [-0.4, -0.2) is 47.6 Å². The number of hydrogen-bond donors (Lipinski definition) is 1. The Hall–Kier alpha value is 0.270. The van der Waals surface area contributed by atoms with Gasteiger partial charge in [-0.1, -0.05) is 12.8 Å². The average Bonchev–Trinajstić information content (AvgIpc) is 2.95. The Morgan fingerprint density at radius 2 is 1.82 bits per heavy atom. The highest BCUT2D eigenvalue weighted by Gasteiger charge is 2.39. The molecule has 2 nitrogen and oxygen atoms in total. The molecule has 3 rings (SSSR count). The van der Waals surface area contributed by atoms with E-state index in [-0.39, 0.29) is 0 Å². The Morgan fingerprint density at radius 3 is 2.71 bits per heavy atom. The molecule has 1 saturated carbocycles. The van der Waals surface area contributed by atoms with Gasteiger partial charge in [-0.05, 0) is 44.9 Å². The molecule has 0 aromatic carbocycles. The fourth-order valence-electron chi connectivity index (χ4n) is 4.12. The average molecular weight is 254 g/mol. The van der Waals surface area contributed by atoms with Crippen LogP contribution in [0.2, 0.25) is 0 Å². The molecule has 0 radical (unpaired) electrons. The lowest BCUT2D eigenvalue weighted by atomic mass is 9.93. The minimum Gasteiger partial charge on any atom is -0.309 e. The van der Waals surface area contributed by atoms with Crippen LogP contribution in [-0.2, 0) is 0 Å². The van der Waals surface area contributed by atoms with Crippen LogP contribution in [0.3, 0.4) is 0 Å². The molecule has 0 bridgehead atoms. The van der Waals surface area contributed by atoms with E-state index in [1.54, 1.807) is 0 Å². The zero-order valence-corrected chi connectivity index (χ0v) is 11.8. The predicted molar refractivity (Wildman–Crippen MR) is 75.7 cm³/mol. The maximum Gasteiger partial charge on any atom is 0.0250 e. The molecule has 3 heteroatoms. The maximum absolute atomic E-state index is 4.03. The van der Waals surface area contributed by atoms with E-state index >= 15 is 0 Å². The lowest BCUT2D eigenvalue weighted by molar-refractivity contribution is 0.273. The Morgan fingerprint density at radius 1 is 0.941 bits per heavy atom. The van der Waals surface area contributed by atoms with E-state index in [0.717, 1.165) is 23.4 Å². The van der Waals surface area contributed by atoms with Gasteiger partial charge in [0.25, 0.3) is 0 Å². The van der Waals surface area contributed by atoms with Crippen molar-refractivity contribution in [2.24, 2.45) is 0 Å². The quantitative estimate of drug-likeness (QED) is 0.833. The first-order valence-electron chi connectivity index (χ1n) is 7.41. The first kappa shape index (κ1) is 12.3. The molecule has 3 aliphatic rings. The molecule has 3 fully saturated rings. The molecule has 0 amide bonds. The molecule has 1 N–H and O–H groups in total. The molecule has 2 saturated heterocycles. The highest BCUT2D eigenvalue weighted by molar-refractivity contribution is 7.99. The number of hydrogen-bond acceptors (Lipinski definition) is 3. The Bertz CT molecular complexity index is 257. The summed E-state index contributed by atoms with van der Waals surface area (Å²) in [5.74, 6) is 0. The monoisotopic (exact) mass is 254 g/mol. The molecule has 17 heavy (non-hydrogen) atoms. The smallest absolute Gasteiger partial charge is 0.0250 e. The van der Waals surface area contributed by atoms with Crippen molar-refractivity contribution in [2.45, 2.75) is 68.3 Å². The molecule has 4 unspecified atom stereocenters. The molecule has 2 heterocycles. The Kier molecular flexibility index (Phi) is 3.98. The van der Waals surface area contributed by atoms with Crippen LogP contribution in [0.25, 0.3) is 0 Å². The van der Waals surface area contributed by atoms with Gasteiger partial charge in [-0.3, -0.25) is 4.90 Å². The van der Waals surface area contributed by atoms with Gasteiger partial charge in [0.1, 0.15) is 0 Å². The maximum atomic E-state index is 4.03. The summed E-state index contributed by atoms with van der Waals surface area (Å²) in [6.45, 7) is 2.71. The van der Waals surface area contributed by atoms with Crippen molar-refractivity contribution in [3.63, 3.8) is 0 Å². The number of nitrogens with zero attached hydrogens (tertiary/aromatic N) is 1. The standard InChI is InChI=1S/C14H26N2S/c1-17-14-7-3-2-5-12(14)15-11-8-10-16-9-4-6-13(11)16/h11-15H,2-10H2,1H3. The van der Waals surface area contributed by atoms with Gasteiger partial charge in [-0.25, -0.2) is 0 Å². The zero-order chi connectivity index (χ0) is 11.7. The van der Waals surface area contributed by atoms with Gasteiger partial charge >= 0.3 is 0 Å². The minimum absolute atomic E-state index is 0.796. The van der Waals surface area contributed by atoms with Crippen LogP contribution in [0.1, 0.15) is 44.9 Å². The van der Waals surface area contributed by atoms with Gasteiger partial charge in [0.2, 0.25) is 0 Å². The third-order valence-electron chi connectivity index (χ3n) is 5.04. The summed E-state index contributed by atoms with van der Waals surface area (Å²) in [6, 6.07) is 2.47. The summed E-state index contributed by atoms with van der Waals surface area (Å²) in [4.78, 5) is 2.72. The summed E-state index contributed by atoms with van der Waals surface area (Å²) in [6.07, 6.45) is 12.3. The Labute approximate surface area is 110 Å². The molecule has 0 aromatic heterocycles. The third kappa shape index (κ3) is 2.52. The van der Waals surface area contributed by atoms with Crippen LogP contribution in [0.15, 0.2) is 0 Å². The van der Waals surface area contributed by atoms with Crippen LogP contribution in [0.5, 0.6) is 0 Å². The van der Waals surface area contributed by atoms with Gasteiger partial charge in [-0.15, -0.1) is 0 Å². The lowest BCUT2D eigenvalue weighted by Gasteiger charge is -2.35. The van der Waals surface area contributed by atoms with E-state index in [9.17, 15) is 0 Å². The first-order chi connectivity index (χ1) is 8.38. The van der Waals surface area contributed by atoms with Crippen molar-refractivity contribution in [1.82, 2.24) is 10.2 Å². The molecular formula is C14H26N2S. The second-order valence-corrected chi connectivity index (χ2v) is 7.05. The molecule has 2 aliphatic heterocycles. The van der Waals surface area contributed by atoms with Gasteiger partial charge in [-0.2, -0.15) is 11.8 Å². The highest BCUT2D eigenvalue weighted by atomic mass is 32.2. The molecule has 0 spiro atoms. The van der Waals surface area contributed by atoms with E-state index in [2.05, 4.69) is 28.2 Å². The van der Waals surface area contributed by atoms with Crippen molar-refractivity contribution >= 4 is 11.8 Å². The number of rotatable bonds is 3. The molecular weight excluding hydrogens is 228 g/mol. The van der Waals surface area contributed by atoms with Gasteiger partial charge in [0.15, 0.2) is 0 Å². The van der Waals surface area contributed by atoms with Crippen LogP contribution >= 0.6 is 11.8 Å². The van der Waals surface area contributed by atoms with E-state index in [0.29, 0.717) is 0 Å². The number of nitrogens with one attached hydrogen (secondary N) is 1. The van der Waals surface area contributed by atoms with E-state index < -0.39 is 0 Å². The van der Waals surface area contributed by atoms with Gasteiger partial charge < -0.3 is 5.32 Å². The molecule has 1 aliphatic carbocycles. The van der Waals surface area contributed by atoms with Crippen LogP contribution < -0.4 is 5.32 Å². The molecule has 98 valence electrons. The lowest BCUT2D eigenvalue weighted by Crippen LogP contribution is -2.49. The fourth-order valence-corrected chi connectivity index (χ4v) is 5.07. The van der Waals surface area contributed by atoms with Gasteiger partial charge in [0.05, 0.1) is 0 Å². The summed E-state index contributed by atoms with van der Waals surface area (Å²) < 4.78 is 0. The second-order valence-electron chi connectivity index (χ2n) is 5.97. The molecule has 0 aromatic rings. The van der Waals surface area contributed by atoms with E-state index in [1.165, 1.54) is 58.0 Å². The zero-order valence-electron chi connectivity index (χ0n) is 11.0. The number of thioether (sulfide) groups is 1. The summed E-state index contributed by atoms with van der Waals surface area (Å²) in [5, 5.41) is 4.90. The van der Waals surface area contributed by atoms with Crippen molar-refractivity contribution < 1.29 is 0 Å². The highest BCUT2D eigenvalue weighted by Crippen LogP contribution is 2.32. The predicted octanol–water partition coefficient (Wildman–Crippen LogP) is 2.49. The third-order valence-corrected chi connectivity index (χ3v) is 6.21. The summed E-state index contributed by atoms with van der Waals surface area (Å²) in [5.41, 5.74) is 0. The van der Waals surface area contributed by atoms with Crippen molar-refractivity contribution in [3.05, 3.63) is 0 Å². The van der Waals surface area contributed by atoms with E-state index in [1.807, 2.05) is 0 Å². The second kappa shape index (κ2) is 5.50. The van der Waals surface area contributed by atoms with Crippen molar-refractivity contribution in [3.8, 4) is 0 Å². The molecule has 4 atom stereocenters. The minimum atomic E-state index is 0.796. The van der Waals surface area contributed by atoms with Crippen LogP contribution in [0, 0.1) is 0 Å². The largest absolute Gasteiger partial charge is 0.309 e. The van der Waals surface area contributed by atoms with Crippen molar-refractivity contribution in [2.75, 3.05) is 19.3 Å².